The van der Waals surface area contributed by atoms with Crippen LogP contribution < -0.4 is 10.6 Å². The van der Waals surface area contributed by atoms with Gasteiger partial charge in [0.15, 0.2) is 0 Å². The van der Waals surface area contributed by atoms with E-state index in [4.69, 9.17) is 11.6 Å². The van der Waals surface area contributed by atoms with E-state index in [9.17, 15) is 14.0 Å². The van der Waals surface area contributed by atoms with E-state index in [1.807, 2.05) is 23.7 Å². The molecule has 0 aliphatic heterocycles. The molecule has 2 amide bonds. The van der Waals surface area contributed by atoms with E-state index in [1.54, 1.807) is 49.4 Å². The maximum absolute atomic E-state index is 13.7. The summed E-state index contributed by atoms with van der Waals surface area (Å²) in [6.45, 7) is 2.00. The van der Waals surface area contributed by atoms with E-state index < -0.39 is 5.82 Å². The molecule has 0 saturated carbocycles. The maximum atomic E-state index is 13.7. The number of halogens is 2. The Balaban J connectivity index is 1.42. The number of nitrogens with one attached hydrogen (secondary N) is 2. The van der Waals surface area contributed by atoms with Gasteiger partial charge in [-0.25, -0.2) is 9.37 Å². The van der Waals surface area contributed by atoms with E-state index >= 15 is 0 Å². The molecule has 1 aromatic heterocycles. The average Bonchev–Trinajstić information content (AvgIpc) is 3.10. The van der Waals surface area contributed by atoms with Crippen molar-refractivity contribution in [2.45, 2.75) is 13.3 Å². The van der Waals surface area contributed by atoms with Crippen molar-refractivity contribution in [3.8, 4) is 0 Å². The molecular formula is C25H22ClFN4O2. The van der Waals surface area contributed by atoms with E-state index in [0.717, 1.165) is 16.9 Å². The highest BCUT2D eigenvalue weighted by molar-refractivity contribution is 6.30. The van der Waals surface area contributed by atoms with Crippen molar-refractivity contribution in [1.82, 2.24) is 14.9 Å². The topological polar surface area (TPSA) is 76.0 Å². The Morgan fingerprint density at radius 2 is 1.73 bits per heavy atom. The van der Waals surface area contributed by atoms with Crippen molar-refractivity contribution in [3.63, 3.8) is 0 Å². The molecule has 0 saturated heterocycles. The molecule has 2 N–H and O–H groups in total. The number of aryl methyl sites for hydroxylation is 2. The fourth-order valence-corrected chi connectivity index (χ4v) is 3.61. The molecule has 33 heavy (non-hydrogen) atoms. The van der Waals surface area contributed by atoms with Gasteiger partial charge in [-0.15, -0.1) is 0 Å². The number of fused-ring (bicyclic) bond motifs is 1. The van der Waals surface area contributed by atoms with Gasteiger partial charge >= 0.3 is 0 Å². The van der Waals surface area contributed by atoms with Crippen LogP contribution in [0.3, 0.4) is 0 Å². The molecule has 8 heteroatoms. The first kappa shape index (κ1) is 22.5. The largest absolute Gasteiger partial charge is 0.352 e. The summed E-state index contributed by atoms with van der Waals surface area (Å²) in [6, 6.07) is 16.6. The molecule has 0 fully saturated rings. The third-order valence-corrected chi connectivity index (χ3v) is 5.66. The Kier molecular flexibility index (Phi) is 6.42. The number of aromatic nitrogens is 2. The van der Waals surface area contributed by atoms with Crippen LogP contribution in [0.4, 0.5) is 10.1 Å². The number of carbonyl (C=O) groups is 2. The second-order valence-corrected chi connectivity index (χ2v) is 8.16. The van der Waals surface area contributed by atoms with E-state index in [1.165, 1.54) is 6.07 Å². The van der Waals surface area contributed by atoms with E-state index in [0.29, 0.717) is 34.8 Å². The summed E-state index contributed by atoms with van der Waals surface area (Å²) in [5, 5.41) is 6.23. The SMILES string of the molecule is Cc1ccc(C(=O)NCCc2nc3cc(NC(=O)c4ccc(Cl)cc4)ccc3n2C)cc1F. The fraction of sp³-hybridized carbons (Fsp3) is 0.160. The second-order valence-electron chi connectivity index (χ2n) is 7.72. The Morgan fingerprint density at radius 3 is 2.45 bits per heavy atom. The van der Waals surface area contributed by atoms with Gasteiger partial charge in [0.25, 0.3) is 11.8 Å². The Morgan fingerprint density at radius 1 is 1.00 bits per heavy atom. The summed E-state index contributed by atoms with van der Waals surface area (Å²) in [6.07, 6.45) is 0.498. The predicted molar refractivity (Wildman–Crippen MR) is 127 cm³/mol. The number of hydrogen-bond acceptors (Lipinski definition) is 3. The van der Waals surface area contributed by atoms with Crippen LogP contribution >= 0.6 is 11.6 Å². The molecule has 0 atom stereocenters. The normalized spacial score (nSPS) is 10.9. The Bertz CT molecular complexity index is 1350. The molecule has 0 bridgehead atoms. The van der Waals surface area contributed by atoms with Crippen molar-refractivity contribution in [2.75, 3.05) is 11.9 Å². The van der Waals surface area contributed by atoms with Crippen LogP contribution in [0, 0.1) is 12.7 Å². The van der Waals surface area contributed by atoms with Gasteiger partial charge in [-0.2, -0.15) is 0 Å². The Labute approximate surface area is 195 Å². The lowest BCUT2D eigenvalue weighted by molar-refractivity contribution is 0.0952. The van der Waals surface area contributed by atoms with Gasteiger partial charge < -0.3 is 15.2 Å². The third kappa shape index (κ3) is 5.04. The van der Waals surface area contributed by atoms with Crippen LogP contribution in [0.2, 0.25) is 5.02 Å². The standard InChI is InChI=1S/C25H22ClFN4O2/c1-15-3-4-17(13-20(15)27)24(32)28-12-11-23-30-21-14-19(9-10-22(21)31(23)2)29-25(33)16-5-7-18(26)8-6-16/h3-10,13-14H,11-12H2,1-2H3,(H,28,32)(H,29,33). The summed E-state index contributed by atoms with van der Waals surface area (Å²) in [7, 11) is 1.90. The minimum absolute atomic E-state index is 0.238. The lowest BCUT2D eigenvalue weighted by atomic mass is 10.1. The average molecular weight is 465 g/mol. The summed E-state index contributed by atoms with van der Waals surface area (Å²) in [5.74, 6) is -0.198. The highest BCUT2D eigenvalue weighted by Gasteiger charge is 2.12. The van der Waals surface area contributed by atoms with Gasteiger partial charge in [-0.1, -0.05) is 17.7 Å². The number of rotatable bonds is 6. The van der Waals surface area contributed by atoms with E-state index in [2.05, 4.69) is 15.6 Å². The number of anilines is 1. The first-order valence-electron chi connectivity index (χ1n) is 10.4. The van der Waals surface area contributed by atoms with Crippen LogP contribution in [0.5, 0.6) is 0 Å². The zero-order chi connectivity index (χ0) is 23.5. The number of imidazole rings is 1. The van der Waals surface area contributed by atoms with Crippen molar-refractivity contribution in [2.24, 2.45) is 7.05 Å². The van der Waals surface area contributed by atoms with Gasteiger partial charge in [0, 0.05) is 41.9 Å². The van der Waals surface area contributed by atoms with Gasteiger partial charge in [0.2, 0.25) is 0 Å². The third-order valence-electron chi connectivity index (χ3n) is 5.41. The molecule has 3 aromatic carbocycles. The van der Waals surface area contributed by atoms with E-state index in [-0.39, 0.29) is 17.4 Å². The molecule has 0 spiro atoms. The van der Waals surface area contributed by atoms with Crippen molar-refractivity contribution < 1.29 is 14.0 Å². The van der Waals surface area contributed by atoms with Crippen LogP contribution in [-0.4, -0.2) is 27.9 Å². The molecule has 6 nitrogen and oxygen atoms in total. The van der Waals surface area contributed by atoms with Crippen LogP contribution in [0.1, 0.15) is 32.1 Å². The molecule has 4 aromatic rings. The number of benzene rings is 3. The van der Waals surface area contributed by atoms with Gasteiger partial charge in [0.1, 0.15) is 11.6 Å². The molecule has 0 radical (unpaired) electrons. The Hall–Kier alpha value is -3.71. The van der Waals surface area contributed by atoms with Crippen molar-refractivity contribution in [1.29, 1.82) is 0 Å². The maximum Gasteiger partial charge on any atom is 0.255 e. The zero-order valence-electron chi connectivity index (χ0n) is 18.2. The summed E-state index contributed by atoms with van der Waals surface area (Å²) < 4.78 is 15.6. The summed E-state index contributed by atoms with van der Waals surface area (Å²) >= 11 is 5.88. The lowest BCUT2D eigenvalue weighted by Crippen LogP contribution is -2.26. The molecule has 1 heterocycles. The molecule has 0 aliphatic carbocycles. The highest BCUT2D eigenvalue weighted by atomic mass is 35.5. The summed E-state index contributed by atoms with van der Waals surface area (Å²) in [4.78, 5) is 29.4. The first-order valence-corrected chi connectivity index (χ1v) is 10.8. The quantitative estimate of drug-likeness (QED) is 0.426. The van der Waals surface area contributed by atoms with Crippen molar-refractivity contribution >= 4 is 40.1 Å². The van der Waals surface area contributed by atoms with Crippen molar-refractivity contribution in [3.05, 3.63) is 94.0 Å². The molecule has 0 unspecified atom stereocenters. The zero-order valence-corrected chi connectivity index (χ0v) is 18.9. The smallest absolute Gasteiger partial charge is 0.255 e. The van der Waals surface area contributed by atoms with Gasteiger partial charge in [-0.3, -0.25) is 9.59 Å². The first-order chi connectivity index (χ1) is 15.8. The number of nitrogens with zero attached hydrogens (tertiary/aromatic N) is 2. The second kappa shape index (κ2) is 9.42. The van der Waals surface area contributed by atoms with Crippen LogP contribution in [0.25, 0.3) is 11.0 Å². The van der Waals surface area contributed by atoms with Crippen LogP contribution in [-0.2, 0) is 13.5 Å². The van der Waals surface area contributed by atoms with Gasteiger partial charge in [-0.05, 0) is 67.1 Å². The highest BCUT2D eigenvalue weighted by Crippen LogP contribution is 2.21. The fourth-order valence-electron chi connectivity index (χ4n) is 3.48. The van der Waals surface area contributed by atoms with Crippen LogP contribution in [0.15, 0.2) is 60.7 Å². The molecule has 168 valence electrons. The molecule has 4 rings (SSSR count). The lowest BCUT2D eigenvalue weighted by Gasteiger charge is -2.07. The predicted octanol–water partition coefficient (Wildman–Crippen LogP) is 4.90. The monoisotopic (exact) mass is 464 g/mol. The molecule has 0 aliphatic rings. The number of hydrogen-bond donors (Lipinski definition) is 2. The molecular weight excluding hydrogens is 443 g/mol. The summed E-state index contributed by atoms with van der Waals surface area (Å²) in [5.41, 5.74) is 3.54. The minimum atomic E-state index is -0.406. The number of carbonyl (C=O) groups excluding carboxylic acids is 2. The number of amides is 2. The minimum Gasteiger partial charge on any atom is -0.352 e. The van der Waals surface area contributed by atoms with Gasteiger partial charge in [0.05, 0.1) is 11.0 Å².